The van der Waals surface area contributed by atoms with Crippen LogP contribution >= 0.6 is 0 Å². The molecule has 0 aliphatic rings. The summed E-state index contributed by atoms with van der Waals surface area (Å²) in [5.74, 6) is 0.594. The van der Waals surface area contributed by atoms with E-state index in [0.717, 1.165) is 16.7 Å². The van der Waals surface area contributed by atoms with E-state index in [1.54, 1.807) is 0 Å². The molecule has 1 aromatic heterocycles. The van der Waals surface area contributed by atoms with Crippen molar-refractivity contribution < 1.29 is 9.68 Å². The minimum atomic E-state index is 0.594. The second-order valence-corrected chi connectivity index (χ2v) is 6.67. The van der Waals surface area contributed by atoms with Gasteiger partial charge in [0.2, 0.25) is 0 Å². The molecule has 3 nitrogen and oxygen atoms in total. The Kier molecular flexibility index (Phi) is 4.11. The molecule has 0 spiro atoms. The third-order valence-electron chi connectivity index (χ3n) is 5.06. The van der Waals surface area contributed by atoms with Crippen molar-refractivity contribution in [2.24, 2.45) is 0 Å². The fraction of sp³-hybridized carbons (Fsp3) is 0. The van der Waals surface area contributed by atoms with Crippen molar-refractivity contribution >= 4 is 29.5 Å². The van der Waals surface area contributed by atoms with E-state index in [2.05, 4.69) is 71.3 Å². The Labute approximate surface area is 163 Å². The van der Waals surface area contributed by atoms with Crippen LogP contribution in [0.4, 0.5) is 0 Å². The van der Waals surface area contributed by atoms with Gasteiger partial charge in [0.05, 0.1) is 11.0 Å². The van der Waals surface area contributed by atoms with Crippen LogP contribution in [0.15, 0.2) is 97.1 Å². The van der Waals surface area contributed by atoms with Crippen LogP contribution in [0.3, 0.4) is 0 Å². The summed E-state index contributed by atoms with van der Waals surface area (Å²) in [4.78, 5) is 0. The van der Waals surface area contributed by atoms with Crippen LogP contribution in [-0.2, 0) is 0 Å². The molecule has 0 amide bonds. The maximum atomic E-state index is 8.84. The Morgan fingerprint density at radius 3 is 2.14 bits per heavy atom. The number of rotatable bonds is 4. The standard InChI is InChI=1S/C24H17BNO2/c27-25-28-20-13-11-19(12-14-20)26-23-9-5-4-8-21(23)22-15-10-18(16-24(22)26)17-6-2-1-3-7-17/h1-16,27H. The summed E-state index contributed by atoms with van der Waals surface area (Å²) in [5, 5.41) is 11.3. The molecule has 0 saturated heterocycles. The molecule has 1 heterocycles. The Hall–Kier alpha value is -3.50. The summed E-state index contributed by atoms with van der Waals surface area (Å²) >= 11 is 0. The predicted molar refractivity (Wildman–Crippen MR) is 115 cm³/mol. The van der Waals surface area contributed by atoms with Gasteiger partial charge in [-0.2, -0.15) is 0 Å². The predicted octanol–water partition coefficient (Wildman–Crippen LogP) is 5.36. The van der Waals surface area contributed by atoms with E-state index in [1.807, 2.05) is 30.3 Å². The lowest BCUT2D eigenvalue weighted by Gasteiger charge is -2.10. The summed E-state index contributed by atoms with van der Waals surface area (Å²) in [5.41, 5.74) is 5.74. The Balaban J connectivity index is 1.77. The number of aromatic nitrogens is 1. The van der Waals surface area contributed by atoms with Crippen molar-refractivity contribution in [3.05, 3.63) is 97.1 Å². The van der Waals surface area contributed by atoms with Gasteiger partial charge in [-0.05, 0) is 47.5 Å². The number of hydrogen-bond donors (Lipinski definition) is 1. The molecule has 28 heavy (non-hydrogen) atoms. The molecule has 0 atom stereocenters. The van der Waals surface area contributed by atoms with E-state index in [4.69, 9.17) is 9.68 Å². The lowest BCUT2D eigenvalue weighted by molar-refractivity contribution is 0.454. The van der Waals surface area contributed by atoms with Crippen LogP contribution in [0.25, 0.3) is 38.6 Å². The maximum absolute atomic E-state index is 8.84. The minimum Gasteiger partial charge on any atom is -0.537 e. The molecule has 0 saturated carbocycles. The van der Waals surface area contributed by atoms with Crippen molar-refractivity contribution in [1.82, 2.24) is 4.57 Å². The molecule has 1 N–H and O–H groups in total. The Morgan fingerprint density at radius 2 is 1.36 bits per heavy atom. The quantitative estimate of drug-likeness (QED) is 0.437. The molecule has 4 aromatic carbocycles. The highest BCUT2D eigenvalue weighted by Crippen LogP contribution is 2.35. The first-order chi connectivity index (χ1) is 13.8. The van der Waals surface area contributed by atoms with Gasteiger partial charge in [0.25, 0.3) is 0 Å². The van der Waals surface area contributed by atoms with Gasteiger partial charge in [0, 0.05) is 16.5 Å². The highest BCUT2D eigenvalue weighted by Gasteiger charge is 2.13. The summed E-state index contributed by atoms with van der Waals surface area (Å²) in [6.45, 7) is 0. The van der Waals surface area contributed by atoms with Crippen LogP contribution in [0.2, 0.25) is 0 Å². The second-order valence-electron chi connectivity index (χ2n) is 6.67. The minimum absolute atomic E-state index is 0.594. The number of fused-ring (bicyclic) bond motifs is 3. The van der Waals surface area contributed by atoms with E-state index in [-0.39, 0.29) is 0 Å². The first kappa shape index (κ1) is 16.7. The van der Waals surface area contributed by atoms with Crippen LogP contribution in [0.1, 0.15) is 0 Å². The number of nitrogens with zero attached hydrogens (tertiary/aromatic N) is 1. The van der Waals surface area contributed by atoms with Crippen LogP contribution in [0.5, 0.6) is 5.75 Å². The van der Waals surface area contributed by atoms with Gasteiger partial charge in [0.1, 0.15) is 5.75 Å². The van der Waals surface area contributed by atoms with E-state index in [0.29, 0.717) is 13.4 Å². The van der Waals surface area contributed by atoms with Gasteiger partial charge in [-0.25, -0.2) is 0 Å². The number of para-hydroxylation sites is 1. The third kappa shape index (κ3) is 2.75. The van der Waals surface area contributed by atoms with Crippen molar-refractivity contribution in [3.63, 3.8) is 0 Å². The van der Waals surface area contributed by atoms with Crippen molar-refractivity contribution in [1.29, 1.82) is 0 Å². The summed E-state index contributed by atoms with van der Waals surface area (Å²) in [6.07, 6.45) is 0. The average molecular weight is 362 g/mol. The highest BCUT2D eigenvalue weighted by molar-refractivity contribution is 6.17. The highest BCUT2D eigenvalue weighted by atomic mass is 16.5. The summed E-state index contributed by atoms with van der Waals surface area (Å²) in [7, 11) is 0.696. The van der Waals surface area contributed by atoms with Crippen LogP contribution < -0.4 is 4.65 Å². The smallest absolute Gasteiger partial charge is 0.537 e. The SMILES string of the molecule is O[B]Oc1ccc(-n2c3ccccc3c3ccc(-c4ccccc4)cc32)cc1. The van der Waals surface area contributed by atoms with Gasteiger partial charge in [-0.3, -0.25) is 0 Å². The molecular formula is C24H17BNO2. The van der Waals surface area contributed by atoms with E-state index < -0.39 is 0 Å². The average Bonchev–Trinajstić information content (AvgIpc) is 3.09. The number of hydrogen-bond acceptors (Lipinski definition) is 2. The van der Waals surface area contributed by atoms with Gasteiger partial charge < -0.3 is 14.2 Å². The monoisotopic (exact) mass is 362 g/mol. The molecule has 1 radical (unpaired) electrons. The molecule has 0 bridgehead atoms. The molecule has 0 fully saturated rings. The summed E-state index contributed by atoms with van der Waals surface area (Å²) < 4.78 is 7.32. The fourth-order valence-corrected chi connectivity index (χ4v) is 3.79. The summed E-state index contributed by atoms with van der Waals surface area (Å²) in [6, 6.07) is 33.2. The Morgan fingerprint density at radius 1 is 0.643 bits per heavy atom. The third-order valence-corrected chi connectivity index (χ3v) is 5.06. The molecule has 0 unspecified atom stereocenters. The van der Waals surface area contributed by atoms with E-state index in [1.165, 1.54) is 21.9 Å². The molecule has 5 aromatic rings. The molecule has 5 rings (SSSR count). The molecule has 0 aliphatic carbocycles. The van der Waals surface area contributed by atoms with Gasteiger partial charge in [0.15, 0.2) is 0 Å². The largest absolute Gasteiger partial charge is 0.569 e. The van der Waals surface area contributed by atoms with Crippen molar-refractivity contribution in [3.8, 4) is 22.6 Å². The molecule has 4 heteroatoms. The zero-order chi connectivity index (χ0) is 18.9. The molecule has 0 aliphatic heterocycles. The van der Waals surface area contributed by atoms with E-state index >= 15 is 0 Å². The van der Waals surface area contributed by atoms with Crippen LogP contribution in [-0.4, -0.2) is 17.3 Å². The zero-order valence-corrected chi connectivity index (χ0v) is 15.1. The molecule has 133 valence electrons. The second kappa shape index (κ2) is 6.91. The van der Waals surface area contributed by atoms with Crippen molar-refractivity contribution in [2.45, 2.75) is 0 Å². The van der Waals surface area contributed by atoms with Crippen LogP contribution in [0, 0.1) is 0 Å². The fourth-order valence-electron chi connectivity index (χ4n) is 3.79. The van der Waals surface area contributed by atoms with Gasteiger partial charge in [-0.1, -0.05) is 60.7 Å². The maximum Gasteiger partial charge on any atom is 0.569 e. The molecular weight excluding hydrogens is 345 g/mol. The first-order valence-corrected chi connectivity index (χ1v) is 9.17. The van der Waals surface area contributed by atoms with E-state index in [9.17, 15) is 0 Å². The lowest BCUT2D eigenvalue weighted by atomic mass is 10.0. The first-order valence-electron chi connectivity index (χ1n) is 9.17. The number of benzene rings is 4. The van der Waals surface area contributed by atoms with Gasteiger partial charge in [-0.15, -0.1) is 0 Å². The normalized spacial score (nSPS) is 11.0. The van der Waals surface area contributed by atoms with Crippen molar-refractivity contribution in [2.75, 3.05) is 0 Å². The van der Waals surface area contributed by atoms with Gasteiger partial charge >= 0.3 is 7.69 Å². The Bertz CT molecular complexity index is 1260. The lowest BCUT2D eigenvalue weighted by Crippen LogP contribution is -2.00. The topological polar surface area (TPSA) is 34.4 Å². The zero-order valence-electron chi connectivity index (χ0n) is 15.1.